The standard InChI is InChI=1S/C21H24N2OS/c1-3-5-9-15(4-2)20(24)23-21-22-19(14-25-21)18-13-8-11-16-10-6-7-12-17(16)18/h6-8,10-15H,3-5,9H2,1-2H3,(H,22,23,24). The molecule has 1 heterocycles. The molecule has 1 unspecified atom stereocenters. The zero-order chi connectivity index (χ0) is 17.6. The van der Waals surface area contributed by atoms with E-state index in [0.717, 1.165) is 36.9 Å². The van der Waals surface area contributed by atoms with Crippen LogP contribution in [0, 0.1) is 5.92 Å². The predicted molar refractivity (Wildman–Crippen MR) is 107 cm³/mol. The quantitative estimate of drug-likeness (QED) is 0.556. The van der Waals surface area contributed by atoms with Crippen LogP contribution in [-0.4, -0.2) is 10.9 Å². The second kappa shape index (κ2) is 8.26. The molecule has 0 aliphatic heterocycles. The number of carbonyl (C=O) groups excluding carboxylic acids is 1. The number of rotatable bonds is 7. The Morgan fingerprint density at radius 2 is 1.96 bits per heavy atom. The van der Waals surface area contributed by atoms with Crippen LogP contribution in [0.25, 0.3) is 22.0 Å². The first-order valence-electron chi connectivity index (χ1n) is 8.97. The van der Waals surface area contributed by atoms with Gasteiger partial charge in [-0.15, -0.1) is 11.3 Å². The predicted octanol–water partition coefficient (Wildman–Crippen LogP) is 6.12. The van der Waals surface area contributed by atoms with Crippen LogP contribution in [0.4, 0.5) is 5.13 Å². The molecule has 1 amide bonds. The lowest BCUT2D eigenvalue weighted by Gasteiger charge is -2.12. The molecule has 2 aromatic carbocycles. The Morgan fingerprint density at radius 1 is 1.16 bits per heavy atom. The molecule has 1 aromatic heterocycles. The number of nitrogens with one attached hydrogen (secondary N) is 1. The Labute approximate surface area is 153 Å². The average molecular weight is 353 g/mol. The minimum Gasteiger partial charge on any atom is -0.302 e. The van der Waals surface area contributed by atoms with Crippen LogP contribution >= 0.6 is 11.3 Å². The van der Waals surface area contributed by atoms with Gasteiger partial charge >= 0.3 is 0 Å². The number of nitrogens with zero attached hydrogens (tertiary/aromatic N) is 1. The second-order valence-corrected chi connectivity index (χ2v) is 7.16. The van der Waals surface area contributed by atoms with E-state index in [-0.39, 0.29) is 11.8 Å². The maximum absolute atomic E-state index is 12.5. The summed E-state index contributed by atoms with van der Waals surface area (Å²) in [5.41, 5.74) is 2.02. The smallest absolute Gasteiger partial charge is 0.229 e. The van der Waals surface area contributed by atoms with Gasteiger partial charge < -0.3 is 5.32 Å². The Bertz CT molecular complexity index is 850. The molecule has 0 fully saturated rings. The van der Waals surface area contributed by atoms with Gasteiger partial charge in [0.25, 0.3) is 0 Å². The molecule has 1 atom stereocenters. The van der Waals surface area contributed by atoms with E-state index in [1.807, 2.05) is 23.6 Å². The van der Waals surface area contributed by atoms with Gasteiger partial charge in [0, 0.05) is 16.9 Å². The Hall–Kier alpha value is -2.20. The van der Waals surface area contributed by atoms with Crippen LogP contribution in [0.2, 0.25) is 0 Å². The highest BCUT2D eigenvalue weighted by Crippen LogP contribution is 2.31. The first-order valence-corrected chi connectivity index (χ1v) is 9.85. The number of hydrogen-bond donors (Lipinski definition) is 1. The molecule has 0 aliphatic carbocycles. The van der Waals surface area contributed by atoms with E-state index in [0.29, 0.717) is 5.13 Å². The average Bonchev–Trinajstić information content (AvgIpc) is 3.10. The minimum atomic E-state index is 0.0739. The summed E-state index contributed by atoms with van der Waals surface area (Å²) in [6.45, 7) is 4.23. The van der Waals surface area contributed by atoms with Crippen molar-refractivity contribution in [2.45, 2.75) is 39.5 Å². The van der Waals surface area contributed by atoms with E-state index in [4.69, 9.17) is 0 Å². The number of benzene rings is 2. The SMILES string of the molecule is CCCCC(CC)C(=O)Nc1nc(-c2cccc3ccccc23)cs1. The monoisotopic (exact) mass is 352 g/mol. The number of amides is 1. The molecule has 4 heteroatoms. The number of fused-ring (bicyclic) bond motifs is 1. The molecule has 0 spiro atoms. The van der Waals surface area contributed by atoms with Crippen LogP contribution in [0.15, 0.2) is 47.8 Å². The van der Waals surface area contributed by atoms with Gasteiger partial charge in [0.15, 0.2) is 5.13 Å². The summed E-state index contributed by atoms with van der Waals surface area (Å²) in [6, 6.07) is 14.5. The first kappa shape index (κ1) is 17.6. The van der Waals surface area contributed by atoms with Gasteiger partial charge in [-0.2, -0.15) is 0 Å². The third-order valence-electron chi connectivity index (χ3n) is 4.57. The normalized spacial score (nSPS) is 12.2. The van der Waals surface area contributed by atoms with Gasteiger partial charge in [-0.3, -0.25) is 4.79 Å². The molecule has 0 radical (unpaired) electrons. The summed E-state index contributed by atoms with van der Waals surface area (Å²) in [7, 11) is 0. The van der Waals surface area contributed by atoms with Gasteiger partial charge in [0.2, 0.25) is 5.91 Å². The van der Waals surface area contributed by atoms with E-state index in [9.17, 15) is 4.79 Å². The zero-order valence-electron chi connectivity index (χ0n) is 14.8. The van der Waals surface area contributed by atoms with Crippen molar-refractivity contribution in [3.8, 4) is 11.3 Å². The molecule has 0 saturated carbocycles. The molecule has 0 aliphatic rings. The minimum absolute atomic E-state index is 0.0739. The van der Waals surface area contributed by atoms with Crippen molar-refractivity contribution >= 4 is 33.1 Å². The Morgan fingerprint density at radius 3 is 2.76 bits per heavy atom. The third-order valence-corrected chi connectivity index (χ3v) is 5.33. The van der Waals surface area contributed by atoms with E-state index in [2.05, 4.69) is 48.4 Å². The van der Waals surface area contributed by atoms with E-state index in [1.165, 1.54) is 22.1 Å². The summed E-state index contributed by atoms with van der Waals surface area (Å²) in [4.78, 5) is 17.1. The van der Waals surface area contributed by atoms with E-state index < -0.39 is 0 Å². The highest BCUT2D eigenvalue weighted by atomic mass is 32.1. The van der Waals surface area contributed by atoms with Crippen molar-refractivity contribution < 1.29 is 4.79 Å². The summed E-state index contributed by atoms with van der Waals surface area (Å²) >= 11 is 1.49. The highest BCUT2D eigenvalue weighted by molar-refractivity contribution is 7.14. The maximum atomic E-state index is 12.5. The maximum Gasteiger partial charge on any atom is 0.229 e. The van der Waals surface area contributed by atoms with Crippen molar-refractivity contribution in [3.63, 3.8) is 0 Å². The van der Waals surface area contributed by atoms with Crippen LogP contribution in [-0.2, 0) is 4.79 Å². The molecular formula is C21H24N2OS. The fourth-order valence-electron chi connectivity index (χ4n) is 3.08. The van der Waals surface area contributed by atoms with Crippen molar-refractivity contribution in [2.24, 2.45) is 5.92 Å². The van der Waals surface area contributed by atoms with Crippen molar-refractivity contribution in [3.05, 3.63) is 47.8 Å². The molecule has 3 rings (SSSR count). The fourth-order valence-corrected chi connectivity index (χ4v) is 3.80. The second-order valence-electron chi connectivity index (χ2n) is 6.30. The number of anilines is 1. The number of aromatic nitrogens is 1. The summed E-state index contributed by atoms with van der Waals surface area (Å²) in [6.07, 6.45) is 4.02. The number of thiazole rings is 1. The topological polar surface area (TPSA) is 42.0 Å². The van der Waals surface area contributed by atoms with Crippen LogP contribution in [0.5, 0.6) is 0 Å². The van der Waals surface area contributed by atoms with Crippen molar-refractivity contribution in [1.82, 2.24) is 4.98 Å². The molecule has 0 saturated heterocycles. The molecule has 3 nitrogen and oxygen atoms in total. The Balaban J connectivity index is 1.79. The largest absolute Gasteiger partial charge is 0.302 e. The molecule has 3 aromatic rings. The lowest BCUT2D eigenvalue weighted by atomic mass is 9.99. The number of unbranched alkanes of at least 4 members (excludes halogenated alkanes) is 1. The van der Waals surface area contributed by atoms with Gasteiger partial charge in [0.05, 0.1) is 5.69 Å². The van der Waals surface area contributed by atoms with Crippen LogP contribution < -0.4 is 5.32 Å². The lowest BCUT2D eigenvalue weighted by molar-refractivity contribution is -0.120. The molecule has 130 valence electrons. The van der Waals surface area contributed by atoms with E-state index in [1.54, 1.807) is 0 Å². The van der Waals surface area contributed by atoms with Crippen LogP contribution in [0.3, 0.4) is 0 Å². The van der Waals surface area contributed by atoms with Gasteiger partial charge in [-0.25, -0.2) is 4.98 Å². The number of hydrogen-bond acceptors (Lipinski definition) is 3. The van der Waals surface area contributed by atoms with Crippen molar-refractivity contribution in [1.29, 1.82) is 0 Å². The highest BCUT2D eigenvalue weighted by Gasteiger charge is 2.17. The lowest BCUT2D eigenvalue weighted by Crippen LogP contribution is -2.22. The zero-order valence-corrected chi connectivity index (χ0v) is 15.6. The van der Waals surface area contributed by atoms with Gasteiger partial charge in [0.1, 0.15) is 0 Å². The van der Waals surface area contributed by atoms with E-state index >= 15 is 0 Å². The van der Waals surface area contributed by atoms with Gasteiger partial charge in [-0.05, 0) is 23.6 Å². The molecule has 0 bridgehead atoms. The Kier molecular flexibility index (Phi) is 5.82. The summed E-state index contributed by atoms with van der Waals surface area (Å²) in [5.74, 6) is 0.166. The summed E-state index contributed by atoms with van der Waals surface area (Å²) < 4.78 is 0. The summed E-state index contributed by atoms with van der Waals surface area (Å²) in [5, 5.41) is 8.09. The molecule has 25 heavy (non-hydrogen) atoms. The first-order chi connectivity index (χ1) is 12.2. The van der Waals surface area contributed by atoms with Crippen molar-refractivity contribution in [2.75, 3.05) is 5.32 Å². The van der Waals surface area contributed by atoms with Crippen LogP contribution in [0.1, 0.15) is 39.5 Å². The molecular weight excluding hydrogens is 328 g/mol. The number of carbonyl (C=O) groups is 1. The third kappa shape index (κ3) is 4.07. The fraction of sp³-hybridized carbons (Fsp3) is 0.333. The molecule has 1 N–H and O–H groups in total. The van der Waals surface area contributed by atoms with Gasteiger partial charge in [-0.1, -0.05) is 69.2 Å².